The van der Waals surface area contributed by atoms with Crippen molar-refractivity contribution in [1.82, 2.24) is 0 Å². The predicted octanol–water partition coefficient (Wildman–Crippen LogP) is 4.77. The lowest BCUT2D eigenvalue weighted by atomic mass is 9.95. The lowest BCUT2D eigenvalue weighted by Gasteiger charge is -2.25. The number of hydrogen-bond acceptors (Lipinski definition) is 4. The van der Waals surface area contributed by atoms with Crippen molar-refractivity contribution in [1.29, 1.82) is 0 Å². The topological polar surface area (TPSA) is 94.9 Å². The highest BCUT2D eigenvalue weighted by atomic mass is 79.9. The molecule has 1 atom stereocenters. The Morgan fingerprint density at radius 3 is 2.00 bits per heavy atom. The smallest absolute Gasteiger partial charge is 0.335 e. The molecule has 1 aliphatic heterocycles. The number of hydrogen-bond donors (Lipinski definition) is 2. The molecule has 0 aromatic heterocycles. The molecule has 7 heteroatoms. The minimum absolute atomic E-state index is 0.0270. The Morgan fingerprint density at radius 1 is 0.806 bits per heavy atom. The van der Waals surface area contributed by atoms with Crippen molar-refractivity contribution in [3.8, 4) is 0 Å². The van der Waals surface area contributed by atoms with Crippen LogP contribution in [0, 0.1) is 0 Å². The van der Waals surface area contributed by atoms with Crippen LogP contribution in [0.1, 0.15) is 27.5 Å². The molecule has 6 nitrogen and oxygen atoms in total. The summed E-state index contributed by atoms with van der Waals surface area (Å²) in [6.07, 6.45) is 0. The van der Waals surface area contributed by atoms with Crippen LogP contribution in [-0.2, 0) is 9.59 Å². The van der Waals surface area contributed by atoms with Gasteiger partial charge in [-0.2, -0.15) is 0 Å². The highest BCUT2D eigenvalue weighted by Gasteiger charge is 2.46. The number of nitrogens with zero attached hydrogens (tertiary/aromatic N) is 1. The second-order valence-corrected chi connectivity index (χ2v) is 7.85. The van der Waals surface area contributed by atoms with Crippen molar-refractivity contribution < 1.29 is 24.6 Å². The third-order valence-electron chi connectivity index (χ3n) is 5.07. The molecule has 4 rings (SSSR count). The minimum Gasteiger partial charge on any atom is -0.507 e. The van der Waals surface area contributed by atoms with Crippen LogP contribution in [0.5, 0.6) is 0 Å². The molecule has 2 N–H and O–H groups in total. The summed E-state index contributed by atoms with van der Waals surface area (Å²) in [7, 11) is 0. The number of carbonyl (C=O) groups is 3. The number of aliphatic hydroxyl groups is 1. The van der Waals surface area contributed by atoms with Crippen molar-refractivity contribution in [2.45, 2.75) is 6.04 Å². The summed E-state index contributed by atoms with van der Waals surface area (Å²) in [6.45, 7) is 0. The van der Waals surface area contributed by atoms with Gasteiger partial charge in [-0.1, -0.05) is 58.4 Å². The average Bonchev–Trinajstić information content (AvgIpc) is 3.05. The number of carbonyl (C=O) groups excluding carboxylic acids is 2. The highest BCUT2D eigenvalue weighted by molar-refractivity contribution is 9.10. The summed E-state index contributed by atoms with van der Waals surface area (Å²) in [5, 5.41) is 20.1. The molecule has 1 saturated heterocycles. The predicted molar refractivity (Wildman–Crippen MR) is 119 cm³/mol. The second kappa shape index (κ2) is 8.20. The van der Waals surface area contributed by atoms with Gasteiger partial charge >= 0.3 is 5.97 Å². The first-order chi connectivity index (χ1) is 14.9. The van der Waals surface area contributed by atoms with E-state index in [2.05, 4.69) is 15.9 Å². The fraction of sp³-hybridized carbons (Fsp3) is 0.0417. The van der Waals surface area contributed by atoms with E-state index in [1.165, 1.54) is 29.2 Å². The number of carboxylic acids is 1. The van der Waals surface area contributed by atoms with Gasteiger partial charge in [-0.15, -0.1) is 0 Å². The number of aliphatic hydroxyl groups excluding tert-OH is 1. The van der Waals surface area contributed by atoms with Gasteiger partial charge in [-0.25, -0.2) is 4.79 Å². The number of rotatable bonds is 4. The maximum absolute atomic E-state index is 13.0. The van der Waals surface area contributed by atoms with E-state index in [0.29, 0.717) is 16.8 Å². The number of halogens is 1. The normalized spacial score (nSPS) is 17.7. The largest absolute Gasteiger partial charge is 0.507 e. The number of ketones is 1. The van der Waals surface area contributed by atoms with Gasteiger partial charge in [0.05, 0.1) is 17.2 Å². The molecule has 1 aliphatic rings. The van der Waals surface area contributed by atoms with E-state index in [-0.39, 0.29) is 16.9 Å². The van der Waals surface area contributed by atoms with Crippen LogP contribution in [0.4, 0.5) is 5.69 Å². The summed E-state index contributed by atoms with van der Waals surface area (Å²) < 4.78 is 0.821. The molecule has 1 amide bonds. The summed E-state index contributed by atoms with van der Waals surface area (Å²) in [5.74, 6) is -2.97. The van der Waals surface area contributed by atoms with E-state index in [0.717, 1.165) is 4.47 Å². The monoisotopic (exact) mass is 477 g/mol. The van der Waals surface area contributed by atoms with Crippen molar-refractivity contribution >= 4 is 45.0 Å². The molecule has 0 radical (unpaired) electrons. The van der Waals surface area contributed by atoms with E-state index in [9.17, 15) is 19.5 Å². The van der Waals surface area contributed by atoms with Crippen LogP contribution in [0.15, 0.2) is 88.9 Å². The Hall–Kier alpha value is -3.71. The molecule has 31 heavy (non-hydrogen) atoms. The molecule has 3 aromatic rings. The standard InChI is InChI=1S/C24H16BrNO5/c25-17-10-6-14(7-11-17)20-19(21(27)15-4-2-1-3-5-15)22(28)23(29)26(20)18-12-8-16(9-13-18)24(30)31/h1-13,20,27H,(H,30,31)/b21-19+/t20-/m1/s1. The second-order valence-electron chi connectivity index (χ2n) is 6.94. The van der Waals surface area contributed by atoms with Crippen LogP contribution < -0.4 is 4.90 Å². The van der Waals surface area contributed by atoms with E-state index in [4.69, 9.17) is 5.11 Å². The molecule has 3 aromatic carbocycles. The quantitative estimate of drug-likeness (QED) is 0.320. The maximum Gasteiger partial charge on any atom is 0.335 e. The SMILES string of the molecule is O=C1C(=O)N(c2ccc(C(=O)O)cc2)[C@H](c2ccc(Br)cc2)/C1=C(\O)c1ccccc1. The zero-order valence-electron chi connectivity index (χ0n) is 16.0. The molecule has 0 spiro atoms. The Kier molecular flexibility index (Phi) is 5.44. The van der Waals surface area contributed by atoms with Gasteiger partial charge in [0, 0.05) is 15.7 Å². The fourth-order valence-electron chi connectivity index (χ4n) is 3.58. The Balaban J connectivity index is 1.91. The summed E-state index contributed by atoms with van der Waals surface area (Å²) >= 11 is 3.38. The highest BCUT2D eigenvalue weighted by Crippen LogP contribution is 2.42. The molecule has 0 aliphatic carbocycles. The molecular formula is C24H16BrNO5. The van der Waals surface area contributed by atoms with Gasteiger partial charge < -0.3 is 10.2 Å². The van der Waals surface area contributed by atoms with Crippen LogP contribution in [-0.4, -0.2) is 27.9 Å². The molecule has 0 unspecified atom stereocenters. The number of benzene rings is 3. The van der Waals surface area contributed by atoms with E-state index in [1.807, 2.05) is 0 Å². The van der Waals surface area contributed by atoms with Gasteiger partial charge in [-0.05, 0) is 42.0 Å². The molecule has 1 heterocycles. The van der Waals surface area contributed by atoms with Gasteiger partial charge in [0.25, 0.3) is 11.7 Å². The third-order valence-corrected chi connectivity index (χ3v) is 5.60. The lowest BCUT2D eigenvalue weighted by molar-refractivity contribution is -0.132. The molecule has 154 valence electrons. The lowest BCUT2D eigenvalue weighted by Crippen LogP contribution is -2.29. The van der Waals surface area contributed by atoms with Crippen LogP contribution in [0.2, 0.25) is 0 Å². The number of Topliss-reactive ketones (excluding diaryl/α,β-unsaturated/α-hetero) is 1. The summed E-state index contributed by atoms with van der Waals surface area (Å²) in [4.78, 5) is 38.5. The van der Waals surface area contributed by atoms with Crippen molar-refractivity contribution in [3.05, 3.63) is 106 Å². The molecule has 1 fully saturated rings. The fourth-order valence-corrected chi connectivity index (χ4v) is 3.84. The van der Waals surface area contributed by atoms with Gasteiger partial charge in [0.15, 0.2) is 0 Å². The first kappa shape index (κ1) is 20.6. The molecule has 0 bridgehead atoms. The molecule has 0 saturated carbocycles. The Morgan fingerprint density at radius 2 is 1.42 bits per heavy atom. The molecular weight excluding hydrogens is 462 g/mol. The van der Waals surface area contributed by atoms with Crippen LogP contribution in [0.3, 0.4) is 0 Å². The summed E-state index contributed by atoms with van der Waals surface area (Å²) in [6, 6.07) is 20.5. The zero-order chi connectivity index (χ0) is 22.1. The number of amides is 1. The zero-order valence-corrected chi connectivity index (χ0v) is 17.6. The number of anilines is 1. The van der Waals surface area contributed by atoms with Crippen molar-refractivity contribution in [2.24, 2.45) is 0 Å². The average molecular weight is 478 g/mol. The maximum atomic E-state index is 13.0. The van der Waals surface area contributed by atoms with Crippen molar-refractivity contribution in [2.75, 3.05) is 4.90 Å². The van der Waals surface area contributed by atoms with E-state index in [1.54, 1.807) is 54.6 Å². The Bertz CT molecular complexity index is 1200. The van der Waals surface area contributed by atoms with Crippen molar-refractivity contribution in [3.63, 3.8) is 0 Å². The third kappa shape index (κ3) is 3.75. The number of carboxylic acid groups (broad SMARTS) is 1. The first-order valence-corrected chi connectivity index (χ1v) is 10.1. The van der Waals surface area contributed by atoms with Gasteiger partial charge in [-0.3, -0.25) is 14.5 Å². The summed E-state index contributed by atoms with van der Waals surface area (Å²) in [5.41, 5.74) is 1.43. The minimum atomic E-state index is -1.10. The Labute approximate surface area is 186 Å². The van der Waals surface area contributed by atoms with Crippen LogP contribution in [0.25, 0.3) is 5.76 Å². The van der Waals surface area contributed by atoms with E-state index < -0.39 is 23.7 Å². The van der Waals surface area contributed by atoms with Gasteiger partial charge in [0.2, 0.25) is 0 Å². The van der Waals surface area contributed by atoms with Gasteiger partial charge in [0.1, 0.15) is 5.76 Å². The van der Waals surface area contributed by atoms with E-state index >= 15 is 0 Å². The number of aromatic carboxylic acids is 1. The first-order valence-electron chi connectivity index (χ1n) is 9.33. The van der Waals surface area contributed by atoms with Crippen LogP contribution >= 0.6 is 15.9 Å².